The van der Waals surface area contributed by atoms with Crippen molar-refractivity contribution in [3.05, 3.63) is 29.3 Å². The number of hydrogen-bond acceptors (Lipinski definition) is 4. The number of carbonyl (C=O) groups is 2. The lowest BCUT2D eigenvalue weighted by Gasteiger charge is -2.38. The van der Waals surface area contributed by atoms with Crippen LogP contribution < -0.4 is 4.74 Å². The summed E-state index contributed by atoms with van der Waals surface area (Å²) in [6.07, 6.45) is 3.13. The molecule has 0 spiro atoms. The number of ether oxygens (including phenoxy) is 2. The van der Waals surface area contributed by atoms with Crippen LogP contribution in [-0.4, -0.2) is 42.1 Å². The first kappa shape index (κ1) is 18.3. The lowest BCUT2D eigenvalue weighted by Crippen LogP contribution is -2.49. The third-order valence-corrected chi connectivity index (χ3v) is 4.39. The first-order chi connectivity index (χ1) is 11.4. The quantitative estimate of drug-likeness (QED) is 0.777. The topological polar surface area (TPSA) is 55.8 Å². The van der Waals surface area contributed by atoms with Gasteiger partial charge in [0.1, 0.15) is 5.75 Å². The van der Waals surface area contributed by atoms with Gasteiger partial charge in [0.15, 0.2) is 13.2 Å². The zero-order valence-electron chi connectivity index (χ0n) is 15.0. The molecular formula is C19H27NO4. The number of rotatable bonds is 5. The fourth-order valence-corrected chi connectivity index (χ4v) is 3.33. The minimum absolute atomic E-state index is 0.130. The van der Waals surface area contributed by atoms with Crippen molar-refractivity contribution in [2.75, 3.05) is 13.2 Å². The van der Waals surface area contributed by atoms with E-state index >= 15 is 0 Å². The molecule has 5 nitrogen and oxygen atoms in total. The highest BCUT2D eigenvalue weighted by Crippen LogP contribution is 2.22. The number of hydrogen-bond donors (Lipinski definition) is 0. The summed E-state index contributed by atoms with van der Waals surface area (Å²) < 4.78 is 10.5. The maximum atomic E-state index is 12.3. The number of esters is 1. The highest BCUT2D eigenvalue weighted by atomic mass is 16.6. The molecule has 1 aromatic carbocycles. The van der Waals surface area contributed by atoms with E-state index in [1.165, 1.54) is 0 Å². The van der Waals surface area contributed by atoms with E-state index in [-0.39, 0.29) is 31.2 Å². The van der Waals surface area contributed by atoms with Crippen LogP contribution in [0.5, 0.6) is 5.75 Å². The van der Waals surface area contributed by atoms with E-state index in [0.717, 1.165) is 30.4 Å². The second kappa shape index (κ2) is 8.18. The summed E-state index contributed by atoms with van der Waals surface area (Å²) in [5.74, 6) is -0.0247. The SMILES string of the molecule is Cc1cc(C)cc(OCC(=O)OCC(=O)N2[C@@H](C)CCC[C@@H]2C)c1. The summed E-state index contributed by atoms with van der Waals surface area (Å²) in [6.45, 7) is 7.61. The van der Waals surface area contributed by atoms with Crippen LogP contribution >= 0.6 is 0 Å². The molecular weight excluding hydrogens is 306 g/mol. The Hall–Kier alpha value is -2.04. The summed E-state index contributed by atoms with van der Waals surface area (Å²) >= 11 is 0. The van der Waals surface area contributed by atoms with E-state index in [1.807, 2.05) is 50.8 Å². The molecule has 2 atom stereocenters. The highest BCUT2D eigenvalue weighted by molar-refractivity contribution is 5.81. The summed E-state index contributed by atoms with van der Waals surface area (Å²) in [4.78, 5) is 25.9. The van der Waals surface area contributed by atoms with E-state index in [0.29, 0.717) is 5.75 Å². The van der Waals surface area contributed by atoms with Crippen molar-refractivity contribution < 1.29 is 19.1 Å². The maximum Gasteiger partial charge on any atom is 0.344 e. The van der Waals surface area contributed by atoms with E-state index < -0.39 is 5.97 Å². The van der Waals surface area contributed by atoms with Crippen molar-refractivity contribution >= 4 is 11.9 Å². The zero-order chi connectivity index (χ0) is 17.7. The first-order valence-corrected chi connectivity index (χ1v) is 8.54. The lowest BCUT2D eigenvalue weighted by atomic mass is 9.97. The van der Waals surface area contributed by atoms with Gasteiger partial charge >= 0.3 is 5.97 Å². The van der Waals surface area contributed by atoms with Crippen molar-refractivity contribution in [2.24, 2.45) is 0 Å². The molecule has 0 aliphatic carbocycles. The molecule has 1 amide bonds. The zero-order valence-corrected chi connectivity index (χ0v) is 15.0. The van der Waals surface area contributed by atoms with Crippen molar-refractivity contribution in [3.8, 4) is 5.75 Å². The molecule has 0 radical (unpaired) electrons. The number of likely N-dealkylation sites (tertiary alicyclic amines) is 1. The fourth-order valence-electron chi connectivity index (χ4n) is 3.33. The Balaban J connectivity index is 1.79. The Labute approximate surface area is 143 Å². The van der Waals surface area contributed by atoms with Gasteiger partial charge in [-0.05, 0) is 70.2 Å². The number of amides is 1. The minimum atomic E-state index is -0.528. The van der Waals surface area contributed by atoms with Gasteiger partial charge in [-0.1, -0.05) is 6.07 Å². The van der Waals surface area contributed by atoms with Gasteiger partial charge in [0.05, 0.1) is 0 Å². The molecule has 0 unspecified atom stereocenters. The van der Waals surface area contributed by atoms with Gasteiger partial charge in [0.25, 0.3) is 5.91 Å². The van der Waals surface area contributed by atoms with Crippen LogP contribution in [0, 0.1) is 13.8 Å². The molecule has 24 heavy (non-hydrogen) atoms. The Kier molecular flexibility index (Phi) is 6.23. The van der Waals surface area contributed by atoms with Crippen LogP contribution in [0.4, 0.5) is 0 Å². The van der Waals surface area contributed by atoms with Gasteiger partial charge in [-0.2, -0.15) is 0 Å². The van der Waals surface area contributed by atoms with Crippen molar-refractivity contribution in [1.29, 1.82) is 0 Å². The van der Waals surface area contributed by atoms with E-state index in [4.69, 9.17) is 9.47 Å². The van der Waals surface area contributed by atoms with Crippen LogP contribution in [0.3, 0.4) is 0 Å². The second-order valence-corrected chi connectivity index (χ2v) is 6.70. The number of piperidine rings is 1. The van der Waals surface area contributed by atoms with Crippen LogP contribution in [-0.2, 0) is 14.3 Å². The van der Waals surface area contributed by atoms with E-state index in [9.17, 15) is 9.59 Å². The molecule has 5 heteroatoms. The molecule has 1 heterocycles. The molecule has 0 aromatic heterocycles. The molecule has 1 fully saturated rings. The molecule has 0 N–H and O–H groups in total. The third-order valence-electron chi connectivity index (χ3n) is 4.39. The first-order valence-electron chi connectivity index (χ1n) is 8.54. The van der Waals surface area contributed by atoms with Gasteiger partial charge in [-0.15, -0.1) is 0 Å². The molecule has 1 saturated heterocycles. The Morgan fingerprint density at radius 1 is 1.04 bits per heavy atom. The average molecular weight is 333 g/mol. The highest BCUT2D eigenvalue weighted by Gasteiger charge is 2.29. The van der Waals surface area contributed by atoms with Crippen molar-refractivity contribution in [3.63, 3.8) is 0 Å². The molecule has 0 bridgehead atoms. The number of aryl methyl sites for hydroxylation is 2. The Morgan fingerprint density at radius 3 is 2.21 bits per heavy atom. The third kappa shape index (κ3) is 4.98. The van der Waals surface area contributed by atoms with Gasteiger partial charge in [0, 0.05) is 12.1 Å². The predicted molar refractivity (Wildman–Crippen MR) is 92.0 cm³/mol. The van der Waals surface area contributed by atoms with Crippen molar-refractivity contribution in [2.45, 2.75) is 59.0 Å². The molecule has 1 aromatic rings. The largest absolute Gasteiger partial charge is 0.482 e. The number of carbonyl (C=O) groups excluding carboxylic acids is 2. The normalized spacial score (nSPS) is 20.6. The van der Waals surface area contributed by atoms with Gasteiger partial charge in [-0.25, -0.2) is 4.79 Å². The number of benzene rings is 1. The van der Waals surface area contributed by atoms with Crippen LogP contribution in [0.1, 0.15) is 44.2 Å². The molecule has 2 rings (SSSR count). The Morgan fingerprint density at radius 2 is 1.62 bits per heavy atom. The smallest absolute Gasteiger partial charge is 0.344 e. The average Bonchev–Trinajstić information content (AvgIpc) is 2.50. The number of nitrogens with zero attached hydrogens (tertiary/aromatic N) is 1. The Bertz CT molecular complexity index is 569. The minimum Gasteiger partial charge on any atom is -0.482 e. The summed E-state index contributed by atoms with van der Waals surface area (Å²) in [7, 11) is 0. The van der Waals surface area contributed by atoms with Gasteiger partial charge < -0.3 is 14.4 Å². The summed E-state index contributed by atoms with van der Waals surface area (Å²) in [5.41, 5.74) is 2.14. The van der Waals surface area contributed by atoms with E-state index in [2.05, 4.69) is 0 Å². The second-order valence-electron chi connectivity index (χ2n) is 6.70. The van der Waals surface area contributed by atoms with Crippen LogP contribution in [0.25, 0.3) is 0 Å². The molecule has 1 aliphatic heterocycles. The lowest BCUT2D eigenvalue weighted by molar-refractivity contribution is -0.156. The maximum absolute atomic E-state index is 12.3. The van der Waals surface area contributed by atoms with Crippen molar-refractivity contribution in [1.82, 2.24) is 4.90 Å². The van der Waals surface area contributed by atoms with Gasteiger partial charge in [-0.3, -0.25) is 4.79 Å². The molecule has 1 aliphatic rings. The fraction of sp³-hybridized carbons (Fsp3) is 0.579. The predicted octanol–water partition coefficient (Wildman–Crippen LogP) is 3.01. The van der Waals surface area contributed by atoms with E-state index in [1.54, 1.807) is 0 Å². The summed E-state index contributed by atoms with van der Waals surface area (Å²) in [5, 5.41) is 0. The summed E-state index contributed by atoms with van der Waals surface area (Å²) in [6, 6.07) is 6.16. The van der Waals surface area contributed by atoms with Crippen LogP contribution in [0.2, 0.25) is 0 Å². The van der Waals surface area contributed by atoms with Crippen LogP contribution in [0.15, 0.2) is 18.2 Å². The standard InChI is InChI=1S/C19H27NO4/c1-13-8-14(2)10-17(9-13)23-12-19(22)24-11-18(21)20-15(3)6-5-7-16(20)4/h8-10,15-16H,5-7,11-12H2,1-4H3/t15-,16-/m0/s1. The van der Waals surface area contributed by atoms with Gasteiger partial charge in [0.2, 0.25) is 0 Å². The molecule has 0 saturated carbocycles. The molecule has 132 valence electrons. The monoisotopic (exact) mass is 333 g/mol.